The van der Waals surface area contributed by atoms with Crippen molar-refractivity contribution in [1.29, 1.82) is 0 Å². The number of hydrogen-bond acceptors (Lipinski definition) is 4. The molecule has 0 spiro atoms. The number of amides is 1. The van der Waals surface area contributed by atoms with Gasteiger partial charge in [-0.2, -0.15) is 0 Å². The first-order valence-electron chi connectivity index (χ1n) is 8.81. The van der Waals surface area contributed by atoms with E-state index in [-0.39, 0.29) is 28.1 Å². The highest BCUT2D eigenvalue weighted by Gasteiger charge is 2.45. The smallest absolute Gasteiger partial charge is 0.296 e. The molecule has 0 fully saturated rings. The minimum absolute atomic E-state index is 0.0931. The third-order valence-electron chi connectivity index (χ3n) is 4.94. The van der Waals surface area contributed by atoms with Crippen molar-refractivity contribution in [2.75, 3.05) is 4.90 Å². The van der Waals surface area contributed by atoms with Gasteiger partial charge < -0.3 is 4.42 Å². The van der Waals surface area contributed by atoms with Crippen LogP contribution in [0.5, 0.6) is 0 Å². The Morgan fingerprint density at radius 2 is 1.76 bits per heavy atom. The van der Waals surface area contributed by atoms with E-state index in [4.69, 9.17) is 16.0 Å². The van der Waals surface area contributed by atoms with Gasteiger partial charge in [-0.3, -0.25) is 14.5 Å². The zero-order valence-corrected chi connectivity index (χ0v) is 15.6. The number of benzene rings is 2. The van der Waals surface area contributed by atoms with E-state index in [0.29, 0.717) is 16.0 Å². The maximum atomic E-state index is 14.7. The summed E-state index contributed by atoms with van der Waals surface area (Å²) in [6.07, 6.45) is 1.39. The number of nitrogens with zero attached hydrogens (tertiary/aromatic N) is 2. The molecule has 29 heavy (non-hydrogen) atoms. The third-order valence-corrected chi connectivity index (χ3v) is 5.16. The highest BCUT2D eigenvalue weighted by atomic mass is 35.5. The Hall–Kier alpha value is -3.51. The summed E-state index contributed by atoms with van der Waals surface area (Å²) in [4.78, 5) is 32.0. The van der Waals surface area contributed by atoms with Gasteiger partial charge in [0, 0.05) is 11.8 Å². The van der Waals surface area contributed by atoms with Gasteiger partial charge in [0.2, 0.25) is 5.76 Å². The van der Waals surface area contributed by atoms with Crippen LogP contribution in [0.25, 0.3) is 11.0 Å². The van der Waals surface area contributed by atoms with E-state index in [1.165, 1.54) is 17.2 Å². The van der Waals surface area contributed by atoms with Crippen molar-refractivity contribution in [3.63, 3.8) is 0 Å². The quantitative estimate of drug-likeness (QED) is 0.482. The van der Waals surface area contributed by atoms with Crippen LogP contribution in [0.3, 0.4) is 0 Å². The van der Waals surface area contributed by atoms with E-state index in [0.717, 1.165) is 0 Å². The summed E-state index contributed by atoms with van der Waals surface area (Å²) in [5, 5.41) is 0.714. The lowest BCUT2D eigenvalue weighted by molar-refractivity contribution is 0.0970. The molecule has 1 amide bonds. The highest BCUT2D eigenvalue weighted by molar-refractivity contribution is 6.30. The lowest BCUT2D eigenvalue weighted by Gasteiger charge is -2.24. The van der Waals surface area contributed by atoms with Gasteiger partial charge in [-0.05, 0) is 30.3 Å². The van der Waals surface area contributed by atoms with Gasteiger partial charge in [0.25, 0.3) is 5.91 Å². The number of halogens is 2. The molecule has 3 heterocycles. The maximum Gasteiger partial charge on any atom is 0.296 e. The van der Waals surface area contributed by atoms with E-state index in [1.54, 1.807) is 54.6 Å². The molecule has 0 saturated heterocycles. The summed E-state index contributed by atoms with van der Waals surface area (Å²) in [5.41, 5.74) is 0.192. The zero-order chi connectivity index (χ0) is 20.1. The van der Waals surface area contributed by atoms with Crippen LogP contribution in [-0.4, -0.2) is 10.9 Å². The predicted octanol–water partition coefficient (Wildman–Crippen LogP) is 4.73. The van der Waals surface area contributed by atoms with Crippen molar-refractivity contribution in [3.05, 3.63) is 105 Å². The van der Waals surface area contributed by atoms with Crippen LogP contribution in [-0.2, 0) is 0 Å². The van der Waals surface area contributed by atoms with Gasteiger partial charge in [-0.1, -0.05) is 41.9 Å². The molecule has 2 aromatic heterocycles. The Kier molecular flexibility index (Phi) is 3.96. The van der Waals surface area contributed by atoms with Crippen molar-refractivity contribution in [1.82, 2.24) is 4.98 Å². The second-order valence-electron chi connectivity index (χ2n) is 6.60. The molecule has 0 N–H and O–H groups in total. The third kappa shape index (κ3) is 2.64. The van der Waals surface area contributed by atoms with Gasteiger partial charge in [0.1, 0.15) is 17.2 Å². The predicted molar refractivity (Wildman–Crippen MR) is 107 cm³/mol. The fourth-order valence-electron chi connectivity index (χ4n) is 3.66. The fraction of sp³-hybridized carbons (Fsp3) is 0.0455. The number of anilines is 1. The standard InChI is InChI=1S/C22H12ClFN2O3/c23-12-9-10-17(25-11-12)26-19(13-5-1-3-7-15(13)24)18-20(27)14-6-2-4-8-16(14)29-21(18)22(26)28/h1-11,19H/t19-/m1/s1. The van der Waals surface area contributed by atoms with Gasteiger partial charge in [-0.25, -0.2) is 9.37 Å². The Balaban J connectivity index is 1.84. The first-order chi connectivity index (χ1) is 14.1. The lowest BCUT2D eigenvalue weighted by Crippen LogP contribution is -2.30. The SMILES string of the molecule is O=C1c2oc3ccccc3c(=O)c2[C@@H](c2ccccc2F)N1c1ccc(Cl)cn1. The Morgan fingerprint density at radius 1 is 1.00 bits per heavy atom. The normalized spacial score (nSPS) is 15.7. The van der Waals surface area contributed by atoms with Crippen molar-refractivity contribution in [3.8, 4) is 0 Å². The van der Waals surface area contributed by atoms with Crippen LogP contribution < -0.4 is 10.3 Å². The molecule has 5 rings (SSSR count). The number of hydrogen-bond donors (Lipinski definition) is 0. The molecule has 2 aromatic carbocycles. The molecular weight excluding hydrogens is 395 g/mol. The molecule has 0 radical (unpaired) electrons. The minimum Gasteiger partial charge on any atom is -0.450 e. The summed E-state index contributed by atoms with van der Waals surface area (Å²) in [6.45, 7) is 0. The first-order valence-corrected chi connectivity index (χ1v) is 9.19. The largest absolute Gasteiger partial charge is 0.450 e. The molecule has 142 valence electrons. The van der Waals surface area contributed by atoms with Crippen molar-refractivity contribution in [2.24, 2.45) is 0 Å². The van der Waals surface area contributed by atoms with Gasteiger partial charge in [-0.15, -0.1) is 0 Å². The molecule has 1 aliphatic rings. The van der Waals surface area contributed by atoms with E-state index >= 15 is 0 Å². The Morgan fingerprint density at radius 3 is 2.52 bits per heavy atom. The summed E-state index contributed by atoms with van der Waals surface area (Å²) in [5.74, 6) is -0.975. The van der Waals surface area contributed by atoms with Crippen molar-refractivity contribution < 1.29 is 13.6 Å². The van der Waals surface area contributed by atoms with Crippen LogP contribution in [0.2, 0.25) is 5.02 Å². The molecule has 0 aliphatic carbocycles. The first kappa shape index (κ1) is 17.6. The monoisotopic (exact) mass is 406 g/mol. The summed E-state index contributed by atoms with van der Waals surface area (Å²) in [7, 11) is 0. The van der Waals surface area contributed by atoms with Crippen molar-refractivity contribution >= 4 is 34.3 Å². The average Bonchev–Trinajstić information content (AvgIpc) is 3.02. The molecular formula is C22H12ClFN2O3. The Labute approximate surface area is 169 Å². The highest BCUT2D eigenvalue weighted by Crippen LogP contribution is 2.41. The number of fused-ring (bicyclic) bond motifs is 2. The molecule has 0 saturated carbocycles. The molecule has 0 unspecified atom stereocenters. The van der Waals surface area contributed by atoms with Crippen LogP contribution in [0.4, 0.5) is 10.2 Å². The number of aromatic nitrogens is 1. The van der Waals surface area contributed by atoms with Crippen LogP contribution in [0.1, 0.15) is 27.7 Å². The average molecular weight is 407 g/mol. The molecule has 0 bridgehead atoms. The minimum atomic E-state index is -1.01. The second kappa shape index (κ2) is 6.53. The zero-order valence-electron chi connectivity index (χ0n) is 14.8. The topological polar surface area (TPSA) is 63.4 Å². The number of carbonyl (C=O) groups is 1. The lowest BCUT2D eigenvalue weighted by atomic mass is 9.98. The molecule has 4 aromatic rings. The van der Waals surface area contributed by atoms with E-state index in [1.807, 2.05) is 0 Å². The van der Waals surface area contributed by atoms with Crippen LogP contribution in [0, 0.1) is 5.82 Å². The van der Waals surface area contributed by atoms with E-state index in [2.05, 4.69) is 4.98 Å². The molecule has 1 aliphatic heterocycles. The maximum absolute atomic E-state index is 14.7. The number of carbonyl (C=O) groups excluding carboxylic acids is 1. The number of para-hydroxylation sites is 1. The van der Waals surface area contributed by atoms with Crippen LogP contribution in [0.15, 0.2) is 76.1 Å². The number of rotatable bonds is 2. The summed E-state index contributed by atoms with van der Waals surface area (Å²) < 4.78 is 20.5. The van der Waals surface area contributed by atoms with E-state index < -0.39 is 17.8 Å². The Bertz CT molecular complexity index is 1330. The van der Waals surface area contributed by atoms with Crippen molar-refractivity contribution in [2.45, 2.75) is 6.04 Å². The fourth-order valence-corrected chi connectivity index (χ4v) is 3.77. The molecule has 5 nitrogen and oxygen atoms in total. The van der Waals surface area contributed by atoms with Gasteiger partial charge in [0.05, 0.1) is 22.0 Å². The number of pyridine rings is 1. The molecule has 7 heteroatoms. The van der Waals surface area contributed by atoms with E-state index in [9.17, 15) is 14.0 Å². The molecule has 1 atom stereocenters. The van der Waals surface area contributed by atoms with Gasteiger partial charge in [0.15, 0.2) is 5.43 Å². The van der Waals surface area contributed by atoms with Crippen LogP contribution >= 0.6 is 11.6 Å². The summed E-state index contributed by atoms with van der Waals surface area (Å²) in [6, 6.07) is 14.8. The second-order valence-corrected chi connectivity index (χ2v) is 7.04. The van der Waals surface area contributed by atoms with Gasteiger partial charge >= 0.3 is 0 Å². The summed E-state index contributed by atoms with van der Waals surface area (Å²) >= 11 is 5.92.